The molecule has 0 bridgehead atoms. The molecule has 1 amide bonds. The SMILES string of the molecule is Cc1sc2ncnc(SCC(=O)N[C@@H](C)C(C)C)c2c1C. The molecule has 114 valence electrons. The number of aryl methyl sites for hydroxylation is 2. The predicted molar refractivity (Wildman–Crippen MR) is 90.1 cm³/mol. The second kappa shape index (κ2) is 6.75. The molecular weight excluding hydrogens is 302 g/mol. The van der Waals surface area contributed by atoms with Gasteiger partial charge >= 0.3 is 0 Å². The van der Waals surface area contributed by atoms with Crippen LogP contribution >= 0.6 is 23.1 Å². The van der Waals surface area contributed by atoms with E-state index >= 15 is 0 Å². The van der Waals surface area contributed by atoms with Crippen LogP contribution < -0.4 is 5.32 Å². The van der Waals surface area contributed by atoms with Gasteiger partial charge in [0.25, 0.3) is 0 Å². The van der Waals surface area contributed by atoms with Crippen molar-refractivity contribution in [3.8, 4) is 0 Å². The third kappa shape index (κ3) is 3.74. The lowest BCUT2D eigenvalue weighted by Crippen LogP contribution is -2.37. The van der Waals surface area contributed by atoms with Crippen LogP contribution in [0.15, 0.2) is 11.4 Å². The standard InChI is InChI=1S/C15H21N3OS2/c1-8(2)10(4)18-12(19)6-20-14-13-9(3)11(5)21-15(13)17-7-16-14/h7-8,10H,6H2,1-5H3,(H,18,19)/t10-/m0/s1. The zero-order valence-corrected chi connectivity index (χ0v) is 14.7. The molecule has 2 heterocycles. The summed E-state index contributed by atoms with van der Waals surface area (Å²) in [5.74, 6) is 0.876. The first-order chi connectivity index (χ1) is 9.90. The number of rotatable bonds is 5. The molecule has 0 unspecified atom stereocenters. The summed E-state index contributed by atoms with van der Waals surface area (Å²) in [6.07, 6.45) is 1.58. The first kappa shape index (κ1) is 16.2. The molecule has 0 aliphatic rings. The number of aromatic nitrogens is 2. The summed E-state index contributed by atoms with van der Waals surface area (Å²) in [5, 5.41) is 5.01. The fraction of sp³-hybridized carbons (Fsp3) is 0.533. The van der Waals surface area contributed by atoms with Crippen LogP contribution in [-0.4, -0.2) is 27.7 Å². The number of hydrogen-bond donors (Lipinski definition) is 1. The van der Waals surface area contributed by atoms with E-state index in [4.69, 9.17) is 0 Å². The molecule has 0 aliphatic heterocycles. The number of carbonyl (C=O) groups is 1. The molecular formula is C15H21N3OS2. The first-order valence-corrected chi connectivity index (χ1v) is 8.83. The number of amides is 1. The van der Waals surface area contributed by atoms with Crippen molar-refractivity contribution < 1.29 is 4.79 Å². The monoisotopic (exact) mass is 323 g/mol. The van der Waals surface area contributed by atoms with Gasteiger partial charge < -0.3 is 5.32 Å². The Morgan fingerprint density at radius 1 is 1.33 bits per heavy atom. The van der Waals surface area contributed by atoms with Gasteiger partial charge in [-0.15, -0.1) is 11.3 Å². The molecule has 0 saturated heterocycles. The maximum atomic E-state index is 12.0. The lowest BCUT2D eigenvalue weighted by molar-refractivity contribution is -0.119. The van der Waals surface area contributed by atoms with Gasteiger partial charge in [0, 0.05) is 16.3 Å². The van der Waals surface area contributed by atoms with Gasteiger partial charge in [-0.05, 0) is 32.3 Å². The van der Waals surface area contributed by atoms with Crippen LogP contribution in [0.2, 0.25) is 0 Å². The van der Waals surface area contributed by atoms with Crippen molar-refractivity contribution in [1.29, 1.82) is 0 Å². The summed E-state index contributed by atoms with van der Waals surface area (Å²) < 4.78 is 0. The molecule has 1 N–H and O–H groups in total. The molecule has 0 saturated carbocycles. The summed E-state index contributed by atoms with van der Waals surface area (Å²) in [6, 6.07) is 0.189. The molecule has 0 aromatic carbocycles. The molecule has 0 aliphatic carbocycles. The molecule has 0 radical (unpaired) electrons. The summed E-state index contributed by atoms with van der Waals surface area (Å²) in [4.78, 5) is 22.9. The normalized spacial score (nSPS) is 12.9. The molecule has 0 spiro atoms. The lowest BCUT2D eigenvalue weighted by atomic mass is 10.1. The van der Waals surface area contributed by atoms with Gasteiger partial charge in [0.05, 0.1) is 5.75 Å². The first-order valence-electron chi connectivity index (χ1n) is 7.03. The molecule has 4 nitrogen and oxygen atoms in total. The van der Waals surface area contributed by atoms with Crippen molar-refractivity contribution in [3.05, 3.63) is 16.8 Å². The van der Waals surface area contributed by atoms with Crippen LogP contribution in [-0.2, 0) is 4.79 Å². The average Bonchev–Trinajstić information content (AvgIpc) is 2.72. The Kier molecular flexibility index (Phi) is 5.22. The van der Waals surface area contributed by atoms with Crippen LogP contribution in [0.3, 0.4) is 0 Å². The molecule has 1 atom stereocenters. The summed E-state index contributed by atoms with van der Waals surface area (Å²) in [7, 11) is 0. The molecule has 6 heteroatoms. The van der Waals surface area contributed by atoms with E-state index in [-0.39, 0.29) is 11.9 Å². The summed E-state index contributed by atoms with van der Waals surface area (Å²) >= 11 is 3.16. The smallest absolute Gasteiger partial charge is 0.230 e. The van der Waals surface area contributed by atoms with E-state index in [1.54, 1.807) is 17.7 Å². The number of thiophene rings is 1. The van der Waals surface area contributed by atoms with Crippen LogP contribution in [0.25, 0.3) is 10.2 Å². The van der Waals surface area contributed by atoms with Crippen molar-refractivity contribution in [2.24, 2.45) is 5.92 Å². The minimum atomic E-state index is 0.0533. The number of nitrogens with one attached hydrogen (secondary N) is 1. The van der Waals surface area contributed by atoms with Crippen LogP contribution in [0.4, 0.5) is 0 Å². The van der Waals surface area contributed by atoms with Gasteiger partial charge in [-0.3, -0.25) is 4.79 Å². The largest absolute Gasteiger partial charge is 0.353 e. The second-order valence-electron chi connectivity index (χ2n) is 5.53. The van der Waals surface area contributed by atoms with Gasteiger partial charge in [-0.2, -0.15) is 0 Å². The number of nitrogens with zero attached hydrogens (tertiary/aromatic N) is 2. The molecule has 21 heavy (non-hydrogen) atoms. The maximum absolute atomic E-state index is 12.0. The van der Waals surface area contributed by atoms with E-state index in [1.807, 2.05) is 6.92 Å². The average molecular weight is 323 g/mol. The Morgan fingerprint density at radius 3 is 2.71 bits per heavy atom. The topological polar surface area (TPSA) is 54.9 Å². The van der Waals surface area contributed by atoms with E-state index in [9.17, 15) is 4.79 Å². The molecule has 2 aromatic rings. The predicted octanol–water partition coefficient (Wildman–Crippen LogP) is 3.56. The van der Waals surface area contributed by atoms with E-state index in [2.05, 4.69) is 43.0 Å². The molecule has 2 aromatic heterocycles. The number of hydrogen-bond acceptors (Lipinski definition) is 5. The van der Waals surface area contributed by atoms with Gasteiger partial charge in [-0.1, -0.05) is 25.6 Å². The number of fused-ring (bicyclic) bond motifs is 1. The Morgan fingerprint density at radius 2 is 2.05 bits per heavy atom. The fourth-order valence-corrected chi connectivity index (χ4v) is 3.78. The van der Waals surface area contributed by atoms with E-state index < -0.39 is 0 Å². The van der Waals surface area contributed by atoms with Gasteiger partial charge in [0.2, 0.25) is 5.91 Å². The van der Waals surface area contributed by atoms with Crippen molar-refractivity contribution in [1.82, 2.24) is 15.3 Å². The van der Waals surface area contributed by atoms with Gasteiger partial charge in [-0.25, -0.2) is 9.97 Å². The third-order valence-electron chi connectivity index (χ3n) is 3.66. The van der Waals surface area contributed by atoms with E-state index in [0.29, 0.717) is 11.7 Å². The minimum absolute atomic E-state index is 0.0533. The molecule has 2 rings (SSSR count). The van der Waals surface area contributed by atoms with Crippen LogP contribution in [0.5, 0.6) is 0 Å². The third-order valence-corrected chi connectivity index (χ3v) is 5.76. The van der Waals surface area contributed by atoms with Gasteiger partial charge in [0.15, 0.2) is 0 Å². The van der Waals surface area contributed by atoms with E-state index in [0.717, 1.165) is 15.2 Å². The van der Waals surface area contributed by atoms with Crippen LogP contribution in [0.1, 0.15) is 31.2 Å². The Bertz CT molecular complexity index is 652. The van der Waals surface area contributed by atoms with Crippen molar-refractivity contribution in [2.75, 3.05) is 5.75 Å². The second-order valence-corrected chi connectivity index (χ2v) is 7.70. The van der Waals surface area contributed by atoms with Crippen LogP contribution in [0, 0.1) is 19.8 Å². The summed E-state index contributed by atoms with van der Waals surface area (Å²) in [6.45, 7) is 10.4. The fourth-order valence-electron chi connectivity index (χ4n) is 1.86. The highest BCUT2D eigenvalue weighted by atomic mass is 32.2. The Hall–Kier alpha value is -1.14. The highest BCUT2D eigenvalue weighted by Gasteiger charge is 2.15. The minimum Gasteiger partial charge on any atom is -0.353 e. The van der Waals surface area contributed by atoms with Crippen molar-refractivity contribution in [2.45, 2.75) is 45.7 Å². The van der Waals surface area contributed by atoms with Crippen molar-refractivity contribution >= 4 is 39.2 Å². The zero-order valence-electron chi connectivity index (χ0n) is 13.1. The lowest BCUT2D eigenvalue weighted by Gasteiger charge is -2.17. The number of carbonyl (C=O) groups excluding carboxylic acids is 1. The van der Waals surface area contributed by atoms with E-state index in [1.165, 1.54) is 22.2 Å². The highest BCUT2D eigenvalue weighted by molar-refractivity contribution is 8.00. The van der Waals surface area contributed by atoms with Gasteiger partial charge in [0.1, 0.15) is 16.2 Å². The quantitative estimate of drug-likeness (QED) is 0.675. The molecule has 0 fully saturated rings. The maximum Gasteiger partial charge on any atom is 0.230 e. The Labute approximate surface area is 133 Å². The Balaban J connectivity index is 2.09. The van der Waals surface area contributed by atoms with Crippen molar-refractivity contribution in [3.63, 3.8) is 0 Å². The number of thioether (sulfide) groups is 1. The zero-order chi connectivity index (χ0) is 15.6. The highest BCUT2D eigenvalue weighted by Crippen LogP contribution is 2.34. The summed E-state index contributed by atoms with van der Waals surface area (Å²) in [5.41, 5.74) is 1.22.